The first-order valence-corrected chi connectivity index (χ1v) is 6.21. The minimum atomic E-state index is -0.389. The predicted octanol–water partition coefficient (Wildman–Crippen LogP) is 3.07. The van der Waals surface area contributed by atoms with Gasteiger partial charge in [0, 0.05) is 11.1 Å². The molecule has 0 aliphatic rings. The van der Waals surface area contributed by atoms with Crippen molar-refractivity contribution in [2.75, 3.05) is 0 Å². The predicted molar refractivity (Wildman–Crippen MR) is 76.3 cm³/mol. The van der Waals surface area contributed by atoms with E-state index in [1.165, 1.54) is 12.1 Å². The van der Waals surface area contributed by atoms with E-state index in [1.54, 1.807) is 13.0 Å². The summed E-state index contributed by atoms with van der Waals surface area (Å²) in [5.74, 6) is -0.894. The van der Waals surface area contributed by atoms with Gasteiger partial charge in [0.25, 0.3) is 0 Å². The molecule has 0 heterocycles. The third kappa shape index (κ3) is 4.17. The summed E-state index contributed by atoms with van der Waals surface area (Å²) in [6, 6.07) is 2.85. The van der Waals surface area contributed by atoms with Crippen LogP contribution in [0.3, 0.4) is 0 Å². The second kappa shape index (κ2) is 5.53. The molecule has 0 saturated heterocycles. The molecule has 1 amide bonds. The maximum Gasteiger partial charge on any atom is 0.247 e. The topological polar surface area (TPSA) is 69.6 Å². The highest BCUT2D eigenvalue weighted by Crippen LogP contribution is 2.36. The number of hydrogen-bond donors (Lipinski definition) is 3. The molecule has 0 bridgehead atoms. The summed E-state index contributed by atoms with van der Waals surface area (Å²) in [6.45, 7) is 7.31. The molecule has 104 valence electrons. The molecule has 1 rings (SSSR count). The molecule has 3 N–H and O–H groups in total. The molecule has 5 heteroatoms. The Hall–Kier alpha value is -1.68. The van der Waals surface area contributed by atoms with Crippen molar-refractivity contribution < 1.29 is 15.0 Å². The van der Waals surface area contributed by atoms with Crippen molar-refractivity contribution in [1.29, 1.82) is 0 Å². The van der Waals surface area contributed by atoms with Gasteiger partial charge in [0.2, 0.25) is 5.91 Å². The first-order valence-electron chi connectivity index (χ1n) is 5.83. The van der Waals surface area contributed by atoms with Gasteiger partial charge >= 0.3 is 0 Å². The van der Waals surface area contributed by atoms with Crippen LogP contribution < -0.4 is 5.32 Å². The van der Waals surface area contributed by atoms with Crippen LogP contribution in [0.25, 0.3) is 6.08 Å². The van der Waals surface area contributed by atoms with E-state index in [2.05, 4.69) is 5.32 Å². The van der Waals surface area contributed by atoms with Gasteiger partial charge in [-0.15, -0.1) is 0 Å². The van der Waals surface area contributed by atoms with E-state index in [0.717, 1.165) is 0 Å². The maximum atomic E-state index is 11.9. The summed E-state index contributed by atoms with van der Waals surface area (Å²) in [5.41, 5.74) is 0.605. The van der Waals surface area contributed by atoms with Crippen molar-refractivity contribution in [2.45, 2.75) is 33.2 Å². The minimum absolute atomic E-state index is 0.0166. The van der Waals surface area contributed by atoms with Crippen LogP contribution >= 0.6 is 11.6 Å². The molecule has 1 aromatic rings. The summed E-state index contributed by atoms with van der Waals surface area (Å²) >= 11 is 5.89. The van der Waals surface area contributed by atoms with Crippen LogP contribution in [0.2, 0.25) is 5.02 Å². The highest BCUT2D eigenvalue weighted by Gasteiger charge is 2.15. The Balaban J connectivity index is 3.03. The van der Waals surface area contributed by atoms with E-state index in [9.17, 15) is 15.0 Å². The molecule has 0 fully saturated rings. The molecule has 0 aromatic heterocycles. The van der Waals surface area contributed by atoms with Gasteiger partial charge in [-0.3, -0.25) is 4.79 Å². The number of hydrogen-bond acceptors (Lipinski definition) is 3. The highest BCUT2D eigenvalue weighted by atomic mass is 35.5. The van der Waals surface area contributed by atoms with Gasteiger partial charge < -0.3 is 15.5 Å². The van der Waals surface area contributed by atoms with Crippen LogP contribution in [-0.2, 0) is 4.79 Å². The van der Waals surface area contributed by atoms with Gasteiger partial charge in [0.05, 0.1) is 5.02 Å². The lowest BCUT2D eigenvalue weighted by Gasteiger charge is -2.20. The fraction of sp³-hybridized carbons (Fsp3) is 0.357. The number of phenolic OH excluding ortho intramolecular Hbond substituents is 2. The van der Waals surface area contributed by atoms with E-state index in [1.807, 2.05) is 20.8 Å². The average molecular weight is 284 g/mol. The van der Waals surface area contributed by atoms with Crippen molar-refractivity contribution in [2.24, 2.45) is 0 Å². The zero-order valence-corrected chi connectivity index (χ0v) is 12.2. The van der Waals surface area contributed by atoms with Gasteiger partial charge in [-0.25, -0.2) is 0 Å². The molecule has 19 heavy (non-hydrogen) atoms. The fourth-order valence-corrected chi connectivity index (χ4v) is 1.63. The van der Waals surface area contributed by atoms with Crippen LogP contribution in [0.4, 0.5) is 0 Å². The summed E-state index contributed by atoms with van der Waals surface area (Å²) in [7, 11) is 0. The number of benzene rings is 1. The molecule has 0 radical (unpaired) electrons. The Morgan fingerprint density at radius 1 is 1.32 bits per heavy atom. The van der Waals surface area contributed by atoms with Gasteiger partial charge in [0.15, 0.2) is 11.5 Å². The van der Waals surface area contributed by atoms with Gasteiger partial charge in [-0.2, -0.15) is 0 Å². The van der Waals surface area contributed by atoms with Crippen molar-refractivity contribution in [3.8, 4) is 11.5 Å². The molecule has 1 aromatic carbocycles. The van der Waals surface area contributed by atoms with Crippen molar-refractivity contribution in [3.05, 3.63) is 28.3 Å². The second-order valence-corrected chi connectivity index (χ2v) is 5.75. The molecular formula is C14H18ClNO3. The summed E-state index contributed by atoms with van der Waals surface area (Å²) in [4.78, 5) is 11.9. The fourth-order valence-electron chi connectivity index (χ4n) is 1.42. The zero-order valence-electron chi connectivity index (χ0n) is 11.4. The number of nitrogens with one attached hydrogen (secondary N) is 1. The van der Waals surface area contributed by atoms with Crippen molar-refractivity contribution in [1.82, 2.24) is 5.32 Å². The quantitative estimate of drug-likeness (QED) is 0.577. The first kappa shape index (κ1) is 15.4. The molecule has 0 aliphatic heterocycles. The van der Waals surface area contributed by atoms with E-state index in [-0.39, 0.29) is 28.0 Å². The Labute approximate surface area is 117 Å². The molecule has 0 atom stereocenters. The number of halogens is 1. The Morgan fingerprint density at radius 2 is 1.89 bits per heavy atom. The van der Waals surface area contributed by atoms with Crippen LogP contribution in [0.1, 0.15) is 33.3 Å². The molecule has 0 saturated carbocycles. The summed E-state index contributed by atoms with van der Waals surface area (Å²) in [5, 5.41) is 21.6. The standard InChI is InChI=1S/C14H18ClNO3/c1-8(13(19)16-14(2,3)4)7-9-5-6-10(17)12(18)11(9)15/h5-7,17-18H,1-4H3,(H,16,19)/b8-7+. The Kier molecular flexibility index (Phi) is 4.48. The third-order valence-corrected chi connectivity index (χ3v) is 2.74. The number of rotatable bonds is 2. The van der Waals surface area contributed by atoms with Crippen molar-refractivity contribution in [3.63, 3.8) is 0 Å². The van der Waals surface area contributed by atoms with Gasteiger partial charge in [-0.05, 0) is 51.5 Å². The second-order valence-electron chi connectivity index (χ2n) is 5.37. The lowest BCUT2D eigenvalue weighted by molar-refractivity contribution is -0.118. The minimum Gasteiger partial charge on any atom is -0.504 e. The average Bonchev–Trinajstić information content (AvgIpc) is 2.27. The van der Waals surface area contributed by atoms with E-state index in [0.29, 0.717) is 11.1 Å². The third-order valence-electron chi connectivity index (χ3n) is 2.34. The molecular weight excluding hydrogens is 266 g/mol. The Bertz CT molecular complexity index is 530. The molecule has 4 nitrogen and oxygen atoms in total. The number of carbonyl (C=O) groups is 1. The van der Waals surface area contributed by atoms with E-state index < -0.39 is 0 Å². The molecule has 0 spiro atoms. The SMILES string of the molecule is C/C(=C\c1ccc(O)c(O)c1Cl)C(=O)NC(C)(C)C. The number of carbonyl (C=O) groups excluding carboxylic acids is 1. The van der Waals surface area contributed by atoms with Gasteiger partial charge in [-0.1, -0.05) is 11.6 Å². The number of phenols is 2. The number of aromatic hydroxyl groups is 2. The summed E-state index contributed by atoms with van der Waals surface area (Å²) in [6.07, 6.45) is 1.56. The van der Waals surface area contributed by atoms with E-state index >= 15 is 0 Å². The first-order chi connectivity index (χ1) is 8.61. The maximum absolute atomic E-state index is 11.9. The lowest BCUT2D eigenvalue weighted by atomic mass is 10.1. The van der Waals surface area contributed by atoms with Crippen LogP contribution in [-0.4, -0.2) is 21.7 Å². The largest absolute Gasteiger partial charge is 0.504 e. The van der Waals surface area contributed by atoms with Crippen LogP contribution in [0.15, 0.2) is 17.7 Å². The zero-order chi connectivity index (χ0) is 14.8. The number of amides is 1. The lowest BCUT2D eigenvalue weighted by Crippen LogP contribution is -2.40. The monoisotopic (exact) mass is 283 g/mol. The Morgan fingerprint density at radius 3 is 2.42 bits per heavy atom. The molecule has 0 aliphatic carbocycles. The van der Waals surface area contributed by atoms with Crippen molar-refractivity contribution >= 4 is 23.6 Å². The van der Waals surface area contributed by atoms with E-state index in [4.69, 9.17) is 11.6 Å². The summed E-state index contributed by atoms with van der Waals surface area (Å²) < 4.78 is 0. The smallest absolute Gasteiger partial charge is 0.247 e. The van der Waals surface area contributed by atoms with Crippen LogP contribution in [0, 0.1) is 0 Å². The molecule has 0 unspecified atom stereocenters. The highest BCUT2D eigenvalue weighted by molar-refractivity contribution is 6.33. The van der Waals surface area contributed by atoms with Crippen LogP contribution in [0.5, 0.6) is 11.5 Å². The van der Waals surface area contributed by atoms with Gasteiger partial charge in [0.1, 0.15) is 0 Å². The normalized spacial score (nSPS) is 12.4.